The molecule has 0 bridgehead atoms. The molecule has 0 N–H and O–H groups in total. The van der Waals surface area contributed by atoms with Crippen molar-refractivity contribution in [2.24, 2.45) is 0 Å². The Morgan fingerprint density at radius 1 is 0.963 bits per heavy atom. The fourth-order valence-electron chi connectivity index (χ4n) is 3.63. The number of rotatable bonds is 2. The van der Waals surface area contributed by atoms with Gasteiger partial charge >= 0.3 is 11.9 Å². The molecule has 0 fully saturated rings. The van der Waals surface area contributed by atoms with Gasteiger partial charge in [-0.3, -0.25) is 9.59 Å². The van der Waals surface area contributed by atoms with Gasteiger partial charge in [-0.15, -0.1) is 0 Å². The SMILES string of the molecule is CC(=O)OC1[C@@H](OC(C)=O)c2cc3oc4ccccc4c3cc2OC1(C)C. The van der Waals surface area contributed by atoms with Crippen molar-refractivity contribution in [2.45, 2.75) is 45.5 Å². The third kappa shape index (κ3) is 2.91. The summed E-state index contributed by atoms with van der Waals surface area (Å²) >= 11 is 0. The minimum Gasteiger partial charge on any atom is -0.483 e. The zero-order chi connectivity index (χ0) is 19.3. The van der Waals surface area contributed by atoms with Crippen LogP contribution in [0.2, 0.25) is 0 Å². The lowest BCUT2D eigenvalue weighted by molar-refractivity contribution is -0.187. The molecule has 0 saturated carbocycles. The van der Waals surface area contributed by atoms with Crippen LogP contribution >= 0.6 is 0 Å². The van der Waals surface area contributed by atoms with E-state index in [9.17, 15) is 9.59 Å². The molecule has 2 atom stereocenters. The van der Waals surface area contributed by atoms with Gasteiger partial charge in [-0.1, -0.05) is 18.2 Å². The molecule has 1 aliphatic rings. The molecule has 2 heterocycles. The van der Waals surface area contributed by atoms with E-state index in [1.165, 1.54) is 13.8 Å². The molecular weight excluding hydrogens is 348 g/mol. The molecule has 27 heavy (non-hydrogen) atoms. The lowest BCUT2D eigenvalue weighted by atomic mass is 9.87. The predicted molar refractivity (Wildman–Crippen MR) is 98.5 cm³/mol. The van der Waals surface area contributed by atoms with Gasteiger partial charge in [0.2, 0.25) is 0 Å². The number of furan rings is 1. The highest BCUT2D eigenvalue weighted by molar-refractivity contribution is 6.05. The molecule has 0 saturated heterocycles. The number of hydrogen-bond donors (Lipinski definition) is 0. The highest BCUT2D eigenvalue weighted by Gasteiger charge is 2.48. The average molecular weight is 368 g/mol. The van der Waals surface area contributed by atoms with Crippen LogP contribution in [-0.2, 0) is 19.1 Å². The standard InChI is InChI=1S/C21H20O6/c1-11(22)24-19-15-10-17-14(13-7-5-6-8-16(13)26-17)9-18(15)27-21(3,4)20(19)25-12(2)23/h5-10,19-20H,1-4H3/t19-,20?/m0/s1. The van der Waals surface area contributed by atoms with Crippen LogP contribution < -0.4 is 4.74 Å². The molecule has 1 aromatic heterocycles. The van der Waals surface area contributed by atoms with Gasteiger partial charge in [-0.2, -0.15) is 0 Å². The van der Waals surface area contributed by atoms with E-state index in [1.54, 1.807) is 19.9 Å². The zero-order valence-corrected chi connectivity index (χ0v) is 15.6. The molecular formula is C21H20O6. The Balaban J connectivity index is 1.93. The Labute approximate surface area is 156 Å². The van der Waals surface area contributed by atoms with Gasteiger partial charge < -0.3 is 18.6 Å². The van der Waals surface area contributed by atoms with E-state index in [-0.39, 0.29) is 0 Å². The number of carbonyl (C=O) groups excluding carboxylic acids is 2. The lowest BCUT2D eigenvalue weighted by Crippen LogP contribution is -2.51. The quantitative estimate of drug-likeness (QED) is 0.628. The highest BCUT2D eigenvalue weighted by Crippen LogP contribution is 2.46. The fraction of sp³-hybridized carbons (Fsp3) is 0.333. The van der Waals surface area contributed by atoms with Crippen molar-refractivity contribution < 1.29 is 28.2 Å². The summed E-state index contributed by atoms with van der Waals surface area (Å²) in [5, 5.41) is 1.88. The van der Waals surface area contributed by atoms with Crippen molar-refractivity contribution in [1.82, 2.24) is 0 Å². The first-order valence-corrected chi connectivity index (χ1v) is 8.75. The maximum Gasteiger partial charge on any atom is 0.303 e. The van der Waals surface area contributed by atoms with Gasteiger partial charge in [0.25, 0.3) is 0 Å². The lowest BCUT2D eigenvalue weighted by Gasteiger charge is -2.43. The van der Waals surface area contributed by atoms with Gasteiger partial charge in [0.15, 0.2) is 12.2 Å². The zero-order valence-electron chi connectivity index (χ0n) is 15.6. The van der Waals surface area contributed by atoms with Gasteiger partial charge in [-0.25, -0.2) is 0 Å². The van der Waals surface area contributed by atoms with E-state index in [2.05, 4.69) is 0 Å². The number of hydrogen-bond acceptors (Lipinski definition) is 6. The summed E-state index contributed by atoms with van der Waals surface area (Å²) in [5.41, 5.74) is 1.14. The van der Waals surface area contributed by atoms with Crippen LogP contribution in [0.15, 0.2) is 40.8 Å². The summed E-state index contributed by atoms with van der Waals surface area (Å²) < 4.78 is 23.1. The predicted octanol–water partition coefficient (Wildman–Crippen LogP) is 4.29. The monoisotopic (exact) mass is 368 g/mol. The summed E-state index contributed by atoms with van der Waals surface area (Å²) in [5.74, 6) is -0.360. The largest absolute Gasteiger partial charge is 0.483 e. The van der Waals surface area contributed by atoms with Crippen molar-refractivity contribution in [3.63, 3.8) is 0 Å². The number of benzene rings is 2. The van der Waals surface area contributed by atoms with Crippen molar-refractivity contribution in [1.29, 1.82) is 0 Å². The Kier molecular flexibility index (Phi) is 3.87. The van der Waals surface area contributed by atoms with Crippen LogP contribution in [-0.4, -0.2) is 23.6 Å². The van der Waals surface area contributed by atoms with Gasteiger partial charge in [0, 0.05) is 30.2 Å². The van der Waals surface area contributed by atoms with Crippen molar-refractivity contribution in [3.05, 3.63) is 42.0 Å². The molecule has 0 aliphatic carbocycles. The first kappa shape index (κ1) is 17.4. The second-order valence-corrected chi connectivity index (χ2v) is 7.25. The molecule has 4 rings (SSSR count). The summed E-state index contributed by atoms with van der Waals surface area (Å²) in [7, 11) is 0. The number of para-hydroxylation sites is 1. The van der Waals surface area contributed by atoms with E-state index in [0.29, 0.717) is 16.9 Å². The van der Waals surface area contributed by atoms with Crippen molar-refractivity contribution >= 4 is 33.9 Å². The first-order valence-electron chi connectivity index (χ1n) is 8.75. The Hall–Kier alpha value is -3.02. The van der Waals surface area contributed by atoms with Crippen LogP contribution in [0.5, 0.6) is 5.75 Å². The van der Waals surface area contributed by atoms with E-state index in [1.807, 2.05) is 30.3 Å². The number of carbonyl (C=O) groups is 2. The summed E-state index contributed by atoms with van der Waals surface area (Å²) in [4.78, 5) is 23.4. The number of esters is 2. The van der Waals surface area contributed by atoms with E-state index in [0.717, 1.165) is 16.4 Å². The molecule has 6 heteroatoms. The minimum atomic E-state index is -0.883. The Morgan fingerprint density at radius 2 is 1.67 bits per heavy atom. The molecule has 6 nitrogen and oxygen atoms in total. The molecule has 3 aromatic rings. The van der Waals surface area contributed by atoms with Crippen LogP contribution in [0, 0.1) is 0 Å². The van der Waals surface area contributed by atoms with Gasteiger partial charge in [0.1, 0.15) is 22.5 Å². The number of fused-ring (bicyclic) bond motifs is 4. The third-order valence-electron chi connectivity index (χ3n) is 4.73. The van der Waals surface area contributed by atoms with Crippen molar-refractivity contribution in [3.8, 4) is 5.75 Å². The molecule has 0 amide bonds. The Bertz CT molecular complexity index is 1060. The normalized spacial score (nSPS) is 20.7. The van der Waals surface area contributed by atoms with E-state index >= 15 is 0 Å². The van der Waals surface area contributed by atoms with Gasteiger partial charge in [0.05, 0.1) is 0 Å². The maximum absolute atomic E-state index is 11.7. The average Bonchev–Trinajstić information content (AvgIpc) is 2.93. The molecule has 0 spiro atoms. The minimum absolute atomic E-state index is 0.467. The van der Waals surface area contributed by atoms with Crippen molar-refractivity contribution in [2.75, 3.05) is 0 Å². The topological polar surface area (TPSA) is 75.0 Å². The molecule has 1 unspecified atom stereocenters. The fourth-order valence-corrected chi connectivity index (χ4v) is 3.63. The third-order valence-corrected chi connectivity index (χ3v) is 4.73. The smallest absolute Gasteiger partial charge is 0.303 e. The van der Waals surface area contributed by atoms with Crippen LogP contribution in [0.1, 0.15) is 39.4 Å². The van der Waals surface area contributed by atoms with Crippen LogP contribution in [0.4, 0.5) is 0 Å². The first-order chi connectivity index (χ1) is 12.8. The highest BCUT2D eigenvalue weighted by atomic mass is 16.6. The summed E-state index contributed by atoms with van der Waals surface area (Å²) in [6.45, 7) is 6.25. The number of ether oxygens (including phenoxy) is 3. The van der Waals surface area contributed by atoms with E-state index < -0.39 is 29.7 Å². The molecule has 1 aliphatic heterocycles. The second-order valence-electron chi connectivity index (χ2n) is 7.25. The Morgan fingerprint density at radius 3 is 2.37 bits per heavy atom. The second kappa shape index (κ2) is 6.01. The van der Waals surface area contributed by atoms with Crippen LogP contribution in [0.3, 0.4) is 0 Å². The maximum atomic E-state index is 11.7. The molecule has 0 radical (unpaired) electrons. The van der Waals surface area contributed by atoms with Gasteiger partial charge in [-0.05, 0) is 32.0 Å². The van der Waals surface area contributed by atoms with Crippen LogP contribution in [0.25, 0.3) is 21.9 Å². The summed E-state index contributed by atoms with van der Waals surface area (Å²) in [6.07, 6.45) is -1.57. The van der Waals surface area contributed by atoms with E-state index in [4.69, 9.17) is 18.6 Å². The summed E-state index contributed by atoms with van der Waals surface area (Å²) in [6, 6.07) is 11.4. The molecule has 140 valence electrons. The molecule has 2 aromatic carbocycles.